The Morgan fingerprint density at radius 1 is 0.653 bits per heavy atom. The van der Waals surface area contributed by atoms with E-state index in [-0.39, 0.29) is 17.3 Å². The van der Waals surface area contributed by atoms with Crippen molar-refractivity contribution in [2.45, 2.75) is 12.5 Å². The van der Waals surface area contributed by atoms with Crippen LogP contribution in [-0.2, 0) is 5.54 Å². The van der Waals surface area contributed by atoms with Crippen LogP contribution < -0.4 is 14.4 Å². The van der Waals surface area contributed by atoms with Crippen LogP contribution in [0.2, 0.25) is 0 Å². The number of rotatable bonds is 7. The van der Waals surface area contributed by atoms with Crippen molar-refractivity contribution in [1.29, 1.82) is 5.26 Å². The molecule has 0 bridgehead atoms. The van der Waals surface area contributed by atoms with E-state index in [1.807, 2.05) is 127 Å². The molecule has 0 fully saturated rings. The molecular formula is C42H26N4O3. The summed E-state index contributed by atoms with van der Waals surface area (Å²) < 4.78 is 12.3. The molecule has 49 heavy (non-hydrogen) atoms. The second-order valence-electron chi connectivity index (χ2n) is 11.4. The zero-order chi connectivity index (χ0) is 34.0. The first-order chi connectivity index (χ1) is 24.0. The fourth-order valence-electron chi connectivity index (χ4n) is 6.34. The van der Waals surface area contributed by atoms with E-state index < -0.39 is 5.54 Å². The van der Waals surface area contributed by atoms with Gasteiger partial charge in [0, 0.05) is 11.3 Å². The molecule has 232 valence electrons. The fourth-order valence-corrected chi connectivity index (χ4v) is 6.34. The predicted octanol–water partition coefficient (Wildman–Crippen LogP) is 10.5. The number of carbonyl (C=O) groups is 1. The highest BCUT2D eigenvalue weighted by Crippen LogP contribution is 2.51. The summed E-state index contributed by atoms with van der Waals surface area (Å²) in [5.74, 6) is 1.99. The third-order valence-corrected chi connectivity index (χ3v) is 8.63. The number of amides is 1. The van der Waals surface area contributed by atoms with Gasteiger partial charge in [-0.1, -0.05) is 72.8 Å². The van der Waals surface area contributed by atoms with Crippen LogP contribution in [0.3, 0.4) is 0 Å². The standard InChI is InChI=1S/C42H26N4O3/c1-28-13-18-35(25-29(28)27-43)48-33-19-14-30(15-20-33)42(38-12-8-7-11-37(38)41(47)46(42)32-9-5-4-6-10-32)31-16-21-34(22-17-31)49-36-23-24-39(44-2)40(26-36)45-3/h4-26H,1H3. The number of hydrogen-bond donors (Lipinski definition) is 0. The maximum Gasteiger partial charge on any atom is 0.260 e. The van der Waals surface area contributed by atoms with E-state index in [0.717, 1.165) is 27.9 Å². The van der Waals surface area contributed by atoms with Crippen LogP contribution >= 0.6 is 0 Å². The topological polar surface area (TPSA) is 71.3 Å². The number of para-hydroxylation sites is 1. The molecule has 1 atom stereocenters. The normalized spacial score (nSPS) is 14.7. The lowest BCUT2D eigenvalue weighted by Crippen LogP contribution is -2.46. The van der Waals surface area contributed by atoms with Gasteiger partial charge in [0.1, 0.15) is 28.5 Å². The van der Waals surface area contributed by atoms with E-state index in [0.29, 0.717) is 34.1 Å². The van der Waals surface area contributed by atoms with E-state index in [4.69, 9.17) is 22.6 Å². The van der Waals surface area contributed by atoms with Crippen molar-refractivity contribution in [3.8, 4) is 29.1 Å². The minimum Gasteiger partial charge on any atom is -0.459 e. The third-order valence-electron chi connectivity index (χ3n) is 8.63. The number of hydrogen-bond acceptors (Lipinski definition) is 4. The summed E-state index contributed by atoms with van der Waals surface area (Å²) in [6.45, 7) is 16.6. The third kappa shape index (κ3) is 5.30. The van der Waals surface area contributed by atoms with Gasteiger partial charge in [-0.15, -0.1) is 0 Å². The molecule has 7 heteroatoms. The first-order valence-electron chi connectivity index (χ1n) is 15.4. The number of anilines is 1. The first kappa shape index (κ1) is 30.5. The minimum absolute atomic E-state index is 0.127. The van der Waals surface area contributed by atoms with Gasteiger partial charge in [0.05, 0.1) is 24.8 Å². The van der Waals surface area contributed by atoms with Crippen LogP contribution in [0.5, 0.6) is 23.0 Å². The predicted molar refractivity (Wildman–Crippen MR) is 187 cm³/mol. The first-order valence-corrected chi connectivity index (χ1v) is 15.4. The second-order valence-corrected chi connectivity index (χ2v) is 11.4. The smallest absolute Gasteiger partial charge is 0.260 e. The van der Waals surface area contributed by atoms with Crippen LogP contribution in [0.1, 0.15) is 38.2 Å². The average molecular weight is 635 g/mol. The van der Waals surface area contributed by atoms with Crippen LogP contribution in [0.25, 0.3) is 9.69 Å². The number of ether oxygens (including phenoxy) is 2. The van der Waals surface area contributed by atoms with Crippen molar-refractivity contribution in [1.82, 2.24) is 0 Å². The Morgan fingerprint density at radius 2 is 1.20 bits per heavy atom. The summed E-state index contributed by atoms with van der Waals surface area (Å²) in [7, 11) is 0. The molecule has 0 saturated carbocycles. The highest BCUT2D eigenvalue weighted by Gasteiger charge is 2.52. The largest absolute Gasteiger partial charge is 0.459 e. The molecule has 0 aromatic heterocycles. The van der Waals surface area contributed by atoms with Crippen LogP contribution in [0.4, 0.5) is 17.1 Å². The van der Waals surface area contributed by atoms with Crippen LogP contribution in [0.15, 0.2) is 140 Å². The Labute approximate surface area is 284 Å². The summed E-state index contributed by atoms with van der Waals surface area (Å²) in [6.07, 6.45) is 0. The van der Waals surface area contributed by atoms with Crippen molar-refractivity contribution in [3.05, 3.63) is 196 Å². The molecule has 1 aliphatic heterocycles. The second kappa shape index (κ2) is 12.6. The van der Waals surface area contributed by atoms with Crippen LogP contribution in [-0.4, -0.2) is 5.91 Å². The van der Waals surface area contributed by atoms with Gasteiger partial charge >= 0.3 is 0 Å². The lowest BCUT2D eigenvalue weighted by Gasteiger charge is -2.40. The summed E-state index contributed by atoms with van der Waals surface area (Å²) >= 11 is 0. The molecule has 0 N–H and O–H groups in total. The van der Waals surface area contributed by atoms with E-state index in [1.165, 1.54) is 0 Å². The zero-order valence-corrected chi connectivity index (χ0v) is 26.3. The lowest BCUT2D eigenvalue weighted by molar-refractivity contribution is 0.0986. The van der Waals surface area contributed by atoms with Crippen molar-refractivity contribution in [2.24, 2.45) is 0 Å². The number of nitrogens with zero attached hydrogens (tertiary/aromatic N) is 4. The Bertz CT molecular complexity index is 2350. The highest BCUT2D eigenvalue weighted by atomic mass is 16.5. The minimum atomic E-state index is -1.06. The maximum absolute atomic E-state index is 14.4. The molecule has 1 aliphatic rings. The fraction of sp³-hybridized carbons (Fsp3) is 0.0476. The van der Waals surface area contributed by atoms with Gasteiger partial charge < -0.3 is 9.47 Å². The number of fused-ring (bicyclic) bond motifs is 1. The molecule has 0 radical (unpaired) electrons. The van der Waals surface area contributed by atoms with E-state index in [2.05, 4.69) is 15.8 Å². The van der Waals surface area contributed by atoms with Crippen molar-refractivity contribution >= 4 is 23.0 Å². The summed E-state index contributed by atoms with van der Waals surface area (Å²) in [4.78, 5) is 23.1. The molecule has 0 saturated heterocycles. The van der Waals surface area contributed by atoms with Gasteiger partial charge in [-0.3, -0.25) is 14.5 Å². The Hall–Kier alpha value is -7.14. The monoisotopic (exact) mass is 634 g/mol. The molecule has 6 aromatic rings. The number of carbonyl (C=O) groups excluding carboxylic acids is 1. The van der Waals surface area contributed by atoms with Gasteiger partial charge in [-0.25, -0.2) is 4.85 Å². The summed E-state index contributed by atoms with van der Waals surface area (Å²) in [5, 5.41) is 9.49. The Balaban J connectivity index is 1.35. The van der Waals surface area contributed by atoms with Crippen LogP contribution in [0, 0.1) is 31.4 Å². The Morgan fingerprint density at radius 3 is 1.82 bits per heavy atom. The van der Waals surface area contributed by atoms with E-state index in [1.54, 1.807) is 24.3 Å². The molecule has 0 aliphatic carbocycles. The Kier molecular flexibility index (Phi) is 7.83. The molecule has 1 unspecified atom stereocenters. The molecule has 0 spiro atoms. The van der Waals surface area contributed by atoms with Crippen molar-refractivity contribution in [2.75, 3.05) is 4.90 Å². The van der Waals surface area contributed by atoms with Gasteiger partial charge in [0.2, 0.25) is 0 Å². The quantitative estimate of drug-likeness (QED) is 0.164. The molecule has 7 rings (SSSR count). The van der Waals surface area contributed by atoms with E-state index >= 15 is 0 Å². The molecular weight excluding hydrogens is 608 g/mol. The molecule has 6 aromatic carbocycles. The van der Waals surface area contributed by atoms with Crippen molar-refractivity contribution < 1.29 is 14.3 Å². The number of nitriles is 1. The molecule has 7 nitrogen and oxygen atoms in total. The molecule has 1 amide bonds. The van der Waals surface area contributed by atoms with Gasteiger partial charge in [-0.05, 0) is 95.9 Å². The van der Waals surface area contributed by atoms with Gasteiger partial charge in [-0.2, -0.15) is 5.26 Å². The SMILES string of the molecule is [C-]#[N+]c1ccc(Oc2ccc(C3(c4ccc(Oc5ccc(C)c(C#N)c5)cc4)c4ccccc4C(=O)N3c3ccccc3)cc2)cc1[N+]#[C-]. The summed E-state index contributed by atoms with van der Waals surface area (Å²) in [5.41, 5.74) is 4.70. The lowest BCUT2D eigenvalue weighted by atomic mass is 9.76. The number of aryl methyl sites for hydroxylation is 1. The number of benzene rings is 6. The molecule has 1 heterocycles. The maximum atomic E-state index is 14.4. The zero-order valence-electron chi connectivity index (χ0n) is 26.3. The van der Waals surface area contributed by atoms with Gasteiger partial charge in [0.25, 0.3) is 5.91 Å². The highest BCUT2D eigenvalue weighted by molar-refractivity contribution is 6.13. The average Bonchev–Trinajstić information content (AvgIpc) is 3.42. The van der Waals surface area contributed by atoms with Gasteiger partial charge in [0.15, 0.2) is 11.4 Å². The summed E-state index contributed by atoms with van der Waals surface area (Å²) in [6, 6.07) is 44.9. The van der Waals surface area contributed by atoms with E-state index in [9.17, 15) is 10.1 Å². The van der Waals surface area contributed by atoms with Crippen molar-refractivity contribution in [3.63, 3.8) is 0 Å².